The number of rotatable bonds is 4. The van der Waals surface area contributed by atoms with Crippen molar-refractivity contribution in [2.45, 2.75) is 23.8 Å². The molecule has 1 aliphatic rings. The molecular weight excluding hydrogens is 326 g/mol. The summed E-state index contributed by atoms with van der Waals surface area (Å²) in [6, 6.07) is 8.55. The topological polar surface area (TPSA) is 101 Å². The van der Waals surface area contributed by atoms with Crippen molar-refractivity contribution in [3.05, 3.63) is 36.5 Å². The van der Waals surface area contributed by atoms with E-state index < -0.39 is 9.84 Å². The highest BCUT2D eigenvalue weighted by Gasteiger charge is 2.19. The molecule has 0 radical (unpaired) electrons. The summed E-state index contributed by atoms with van der Waals surface area (Å²) in [6.45, 7) is 1.63. The Balaban J connectivity index is 1.80. The summed E-state index contributed by atoms with van der Waals surface area (Å²) in [5.74, 6) is 1.25. The van der Waals surface area contributed by atoms with E-state index in [4.69, 9.17) is 5.73 Å². The number of hydrogen-bond acceptors (Lipinski definition) is 7. The van der Waals surface area contributed by atoms with Gasteiger partial charge in [0.2, 0.25) is 5.95 Å². The molecule has 2 heterocycles. The molecule has 8 heteroatoms. The van der Waals surface area contributed by atoms with E-state index in [1.165, 1.54) is 6.26 Å². The molecule has 24 heavy (non-hydrogen) atoms. The summed E-state index contributed by atoms with van der Waals surface area (Å²) in [7, 11) is -3.24. The largest absolute Gasteiger partial charge is 0.340 e. The number of anilines is 3. The predicted molar refractivity (Wildman–Crippen MR) is 94.3 cm³/mol. The summed E-state index contributed by atoms with van der Waals surface area (Å²) in [4.78, 5) is 11.2. The van der Waals surface area contributed by atoms with Crippen molar-refractivity contribution in [1.29, 1.82) is 0 Å². The highest BCUT2D eigenvalue weighted by molar-refractivity contribution is 7.90. The monoisotopic (exact) mass is 347 g/mol. The minimum Gasteiger partial charge on any atom is -0.340 e. The van der Waals surface area contributed by atoms with Gasteiger partial charge in [-0.15, -0.1) is 0 Å². The maximum Gasteiger partial charge on any atom is 0.227 e. The second-order valence-electron chi connectivity index (χ2n) is 6.02. The standard InChI is InChI=1S/C16H21N5O2S/c1-24(22,23)14-6-2-5-13(10-14)19-15-7-8-18-16(20-15)21-9-3-4-12(17)11-21/h2,5-8,10,12H,3-4,9,11,17H2,1H3,(H,18,19,20)/t12-/m0/s1. The lowest BCUT2D eigenvalue weighted by atomic mass is 10.1. The first-order chi connectivity index (χ1) is 11.4. The fraction of sp³-hybridized carbons (Fsp3) is 0.375. The Labute approximate surface area is 141 Å². The maximum atomic E-state index is 11.7. The van der Waals surface area contributed by atoms with Crippen molar-refractivity contribution in [3.63, 3.8) is 0 Å². The zero-order valence-electron chi connectivity index (χ0n) is 13.5. The molecule has 0 saturated carbocycles. The van der Waals surface area contributed by atoms with Gasteiger partial charge in [-0.05, 0) is 37.1 Å². The van der Waals surface area contributed by atoms with E-state index in [-0.39, 0.29) is 10.9 Å². The Morgan fingerprint density at radius 3 is 2.92 bits per heavy atom. The van der Waals surface area contributed by atoms with Crippen LogP contribution in [-0.4, -0.2) is 43.8 Å². The maximum absolute atomic E-state index is 11.7. The minimum atomic E-state index is -3.24. The van der Waals surface area contributed by atoms with Crippen molar-refractivity contribution in [2.75, 3.05) is 29.6 Å². The second kappa shape index (κ2) is 6.74. The Kier molecular flexibility index (Phi) is 4.68. The van der Waals surface area contributed by atoms with Crippen LogP contribution < -0.4 is 16.0 Å². The van der Waals surface area contributed by atoms with Crippen LogP contribution in [0.1, 0.15) is 12.8 Å². The van der Waals surface area contributed by atoms with E-state index in [1.807, 2.05) is 0 Å². The normalized spacial score (nSPS) is 18.4. The first kappa shape index (κ1) is 16.7. The van der Waals surface area contributed by atoms with Crippen LogP contribution >= 0.6 is 0 Å². The van der Waals surface area contributed by atoms with Gasteiger partial charge in [-0.2, -0.15) is 4.98 Å². The van der Waals surface area contributed by atoms with E-state index in [1.54, 1.807) is 36.5 Å². The molecule has 0 unspecified atom stereocenters. The van der Waals surface area contributed by atoms with Crippen LogP contribution in [-0.2, 0) is 9.84 Å². The van der Waals surface area contributed by atoms with Crippen LogP contribution in [0.4, 0.5) is 17.5 Å². The molecule has 7 nitrogen and oxygen atoms in total. The molecule has 0 bridgehead atoms. The first-order valence-corrected chi connectivity index (χ1v) is 9.72. The zero-order chi connectivity index (χ0) is 17.2. The predicted octanol–water partition coefficient (Wildman–Crippen LogP) is 1.55. The molecule has 1 atom stereocenters. The molecule has 1 saturated heterocycles. The van der Waals surface area contributed by atoms with E-state index in [2.05, 4.69) is 20.2 Å². The second-order valence-corrected chi connectivity index (χ2v) is 8.03. The van der Waals surface area contributed by atoms with Gasteiger partial charge in [0.05, 0.1) is 4.90 Å². The Morgan fingerprint density at radius 1 is 1.33 bits per heavy atom. The molecule has 128 valence electrons. The number of piperidine rings is 1. The summed E-state index contributed by atoms with van der Waals surface area (Å²) >= 11 is 0. The van der Waals surface area contributed by atoms with Crippen molar-refractivity contribution in [2.24, 2.45) is 5.73 Å². The van der Waals surface area contributed by atoms with Gasteiger partial charge in [0.15, 0.2) is 9.84 Å². The van der Waals surface area contributed by atoms with Crippen molar-refractivity contribution >= 4 is 27.3 Å². The molecular formula is C16H21N5O2S. The lowest BCUT2D eigenvalue weighted by molar-refractivity contribution is 0.500. The third-order valence-electron chi connectivity index (χ3n) is 3.92. The lowest BCUT2D eigenvalue weighted by Crippen LogP contribution is -2.43. The van der Waals surface area contributed by atoms with Gasteiger partial charge in [0.1, 0.15) is 5.82 Å². The van der Waals surface area contributed by atoms with Gasteiger partial charge in [-0.25, -0.2) is 13.4 Å². The summed E-state index contributed by atoms with van der Waals surface area (Å²) in [6.07, 6.45) is 4.92. The van der Waals surface area contributed by atoms with Gasteiger partial charge in [0, 0.05) is 37.3 Å². The molecule has 0 aliphatic carbocycles. The van der Waals surface area contributed by atoms with Gasteiger partial charge in [-0.3, -0.25) is 0 Å². The van der Waals surface area contributed by atoms with E-state index in [0.717, 1.165) is 25.9 Å². The lowest BCUT2D eigenvalue weighted by Gasteiger charge is -2.30. The molecule has 0 spiro atoms. The minimum absolute atomic E-state index is 0.144. The van der Waals surface area contributed by atoms with Crippen molar-refractivity contribution in [1.82, 2.24) is 9.97 Å². The molecule has 3 rings (SSSR count). The van der Waals surface area contributed by atoms with Gasteiger partial charge >= 0.3 is 0 Å². The fourth-order valence-corrected chi connectivity index (χ4v) is 3.38. The summed E-state index contributed by atoms with van der Waals surface area (Å²) < 4.78 is 23.3. The van der Waals surface area contributed by atoms with Crippen molar-refractivity contribution < 1.29 is 8.42 Å². The molecule has 2 aromatic rings. The average Bonchev–Trinajstić information content (AvgIpc) is 2.55. The molecule has 1 aliphatic heterocycles. The van der Waals surface area contributed by atoms with Gasteiger partial charge in [0.25, 0.3) is 0 Å². The SMILES string of the molecule is CS(=O)(=O)c1cccc(Nc2ccnc(N3CCC[C@H](N)C3)n2)c1. The number of hydrogen-bond donors (Lipinski definition) is 2. The molecule has 1 aromatic carbocycles. The highest BCUT2D eigenvalue weighted by atomic mass is 32.2. The van der Waals surface area contributed by atoms with E-state index >= 15 is 0 Å². The third kappa shape index (κ3) is 4.01. The molecule has 1 fully saturated rings. The van der Waals surface area contributed by atoms with Gasteiger partial charge < -0.3 is 16.0 Å². The van der Waals surface area contributed by atoms with Crippen LogP contribution in [0.5, 0.6) is 0 Å². The molecule has 0 amide bonds. The summed E-state index contributed by atoms with van der Waals surface area (Å²) in [5, 5.41) is 3.13. The highest BCUT2D eigenvalue weighted by Crippen LogP contribution is 2.21. The summed E-state index contributed by atoms with van der Waals surface area (Å²) in [5.41, 5.74) is 6.68. The smallest absolute Gasteiger partial charge is 0.227 e. The number of aromatic nitrogens is 2. The van der Waals surface area contributed by atoms with E-state index in [9.17, 15) is 8.42 Å². The Hall–Kier alpha value is -2.19. The van der Waals surface area contributed by atoms with Crippen LogP contribution in [0, 0.1) is 0 Å². The first-order valence-electron chi connectivity index (χ1n) is 7.82. The van der Waals surface area contributed by atoms with Crippen LogP contribution in [0.15, 0.2) is 41.4 Å². The number of nitrogens with two attached hydrogens (primary N) is 1. The number of nitrogens with zero attached hydrogens (tertiary/aromatic N) is 3. The Morgan fingerprint density at radius 2 is 2.17 bits per heavy atom. The molecule has 1 aromatic heterocycles. The average molecular weight is 347 g/mol. The fourth-order valence-electron chi connectivity index (χ4n) is 2.71. The third-order valence-corrected chi connectivity index (χ3v) is 5.03. The van der Waals surface area contributed by atoms with Crippen molar-refractivity contribution in [3.8, 4) is 0 Å². The Bertz CT molecular complexity index is 825. The van der Waals surface area contributed by atoms with Crippen LogP contribution in [0.25, 0.3) is 0 Å². The number of benzene rings is 1. The van der Waals surface area contributed by atoms with Gasteiger partial charge in [-0.1, -0.05) is 6.07 Å². The van der Waals surface area contributed by atoms with Crippen LogP contribution in [0.2, 0.25) is 0 Å². The van der Waals surface area contributed by atoms with Crippen LogP contribution in [0.3, 0.4) is 0 Å². The zero-order valence-corrected chi connectivity index (χ0v) is 14.3. The molecule has 3 N–H and O–H groups in total. The number of nitrogens with one attached hydrogen (secondary N) is 1. The number of sulfone groups is 1. The van der Waals surface area contributed by atoms with E-state index in [0.29, 0.717) is 17.5 Å². The quantitative estimate of drug-likeness (QED) is 0.865.